The Bertz CT molecular complexity index is 817. The topological polar surface area (TPSA) is 129 Å². The van der Waals surface area contributed by atoms with E-state index in [-0.39, 0.29) is 60.3 Å². The predicted molar refractivity (Wildman–Crippen MR) is 131 cm³/mol. The Morgan fingerprint density at radius 1 is 1.21 bits per heavy atom. The number of rotatable bonds is 9. The Morgan fingerprint density at radius 3 is 2.59 bits per heavy atom. The van der Waals surface area contributed by atoms with Gasteiger partial charge in [0, 0.05) is 25.0 Å². The average Bonchev–Trinajstić information content (AvgIpc) is 3.49. The van der Waals surface area contributed by atoms with Crippen molar-refractivity contribution in [3.63, 3.8) is 0 Å². The lowest BCUT2D eigenvalue weighted by Gasteiger charge is -2.39. The van der Waals surface area contributed by atoms with E-state index in [0.29, 0.717) is 5.92 Å². The van der Waals surface area contributed by atoms with Gasteiger partial charge < -0.3 is 31.0 Å². The molecule has 3 heterocycles. The van der Waals surface area contributed by atoms with Crippen LogP contribution in [0.1, 0.15) is 59.8 Å². The number of hydrogen-bond acceptors (Lipinski definition) is 6. The molecule has 0 aliphatic carbocycles. The Labute approximate surface area is 203 Å². The van der Waals surface area contributed by atoms with Crippen LogP contribution in [0.5, 0.6) is 0 Å². The zero-order valence-electron chi connectivity index (χ0n) is 20.9. The SMILES string of the molecule is CC(C=C[C@@H]1C[C@]2(CO2)C[C@@H](CC(N)=O)O1)=CC[C@@H]1O[C@H](C)[C@H](NC(=O)C=C[C@H](C)N)C[C@@H]1C. The van der Waals surface area contributed by atoms with Crippen LogP contribution >= 0.6 is 0 Å². The second-order valence-corrected chi connectivity index (χ2v) is 10.3. The molecule has 3 fully saturated rings. The first-order valence-corrected chi connectivity index (χ1v) is 12.4. The molecule has 3 rings (SSSR count). The van der Waals surface area contributed by atoms with Gasteiger partial charge in [-0.2, -0.15) is 0 Å². The summed E-state index contributed by atoms with van der Waals surface area (Å²) in [6.07, 6.45) is 12.7. The normalized spacial score (nSPS) is 37.3. The van der Waals surface area contributed by atoms with Gasteiger partial charge in [0.05, 0.1) is 49.1 Å². The molecule has 0 aromatic carbocycles. The van der Waals surface area contributed by atoms with Gasteiger partial charge in [-0.25, -0.2) is 0 Å². The molecule has 1 spiro atoms. The standard InChI is InChI=1S/C26H41N3O5/c1-16(5-8-20-13-26(15-32-26)14-21(34-20)12-24(28)30)6-9-23-17(2)11-22(19(4)33-23)29-25(31)10-7-18(3)27/h5-8,10,17-23H,9,11-15,27H2,1-4H3,(H2,28,30)(H,29,31)/t17-,18-,19+,20+,21+,22+,23-,26+/m0/s1. The molecule has 8 heteroatoms. The lowest BCUT2D eigenvalue weighted by molar-refractivity contribution is -0.125. The van der Waals surface area contributed by atoms with Crippen molar-refractivity contribution in [1.29, 1.82) is 0 Å². The van der Waals surface area contributed by atoms with E-state index in [0.717, 1.165) is 37.9 Å². The third-order valence-corrected chi connectivity index (χ3v) is 6.86. The number of carbonyl (C=O) groups is 2. The molecule has 8 atom stereocenters. The van der Waals surface area contributed by atoms with Crippen LogP contribution in [-0.4, -0.2) is 60.5 Å². The molecule has 0 radical (unpaired) electrons. The zero-order chi connectivity index (χ0) is 24.9. The molecule has 3 aliphatic rings. The Hall–Kier alpha value is -2.00. The fraction of sp³-hybridized carbons (Fsp3) is 0.692. The van der Waals surface area contributed by atoms with Gasteiger partial charge in [0.25, 0.3) is 0 Å². The second kappa shape index (κ2) is 11.6. The number of primary amides is 1. The van der Waals surface area contributed by atoms with Crippen LogP contribution in [0.2, 0.25) is 0 Å². The average molecular weight is 476 g/mol. The summed E-state index contributed by atoms with van der Waals surface area (Å²) < 4.78 is 18.0. The molecule has 0 aromatic rings. The highest BCUT2D eigenvalue weighted by molar-refractivity contribution is 5.87. The maximum absolute atomic E-state index is 12.1. The van der Waals surface area contributed by atoms with Gasteiger partial charge in [-0.3, -0.25) is 9.59 Å². The molecule has 3 aliphatic heterocycles. The first kappa shape index (κ1) is 26.6. The minimum absolute atomic E-state index is 0.0183. The third-order valence-electron chi connectivity index (χ3n) is 6.86. The van der Waals surface area contributed by atoms with E-state index in [1.807, 2.05) is 13.8 Å². The number of amides is 2. The van der Waals surface area contributed by atoms with Gasteiger partial charge in [0.15, 0.2) is 0 Å². The quantitative estimate of drug-likeness (QED) is 0.267. The van der Waals surface area contributed by atoms with E-state index in [2.05, 4.69) is 37.4 Å². The number of epoxide rings is 1. The zero-order valence-corrected chi connectivity index (χ0v) is 20.9. The number of ether oxygens (including phenoxy) is 3. The summed E-state index contributed by atoms with van der Waals surface area (Å²) >= 11 is 0. The minimum Gasteiger partial charge on any atom is -0.373 e. The van der Waals surface area contributed by atoms with E-state index in [4.69, 9.17) is 25.7 Å². The van der Waals surface area contributed by atoms with Gasteiger partial charge in [-0.05, 0) is 39.5 Å². The van der Waals surface area contributed by atoms with Crippen LogP contribution < -0.4 is 16.8 Å². The maximum Gasteiger partial charge on any atom is 0.244 e. The van der Waals surface area contributed by atoms with E-state index in [1.54, 1.807) is 6.08 Å². The number of carbonyl (C=O) groups excluding carboxylic acids is 2. The molecular weight excluding hydrogens is 434 g/mol. The molecular formula is C26H41N3O5. The Kier molecular flexibility index (Phi) is 9.09. The fourth-order valence-corrected chi connectivity index (χ4v) is 4.82. The minimum atomic E-state index is -0.347. The maximum atomic E-state index is 12.1. The van der Waals surface area contributed by atoms with Gasteiger partial charge in [0.2, 0.25) is 11.8 Å². The largest absolute Gasteiger partial charge is 0.373 e. The lowest BCUT2D eigenvalue weighted by Crippen LogP contribution is -2.50. The van der Waals surface area contributed by atoms with E-state index < -0.39 is 0 Å². The first-order valence-electron chi connectivity index (χ1n) is 12.4. The fourth-order valence-electron chi connectivity index (χ4n) is 4.82. The van der Waals surface area contributed by atoms with Gasteiger partial charge in [0.1, 0.15) is 0 Å². The van der Waals surface area contributed by atoms with Crippen molar-refractivity contribution in [3.8, 4) is 0 Å². The monoisotopic (exact) mass is 475 g/mol. The van der Waals surface area contributed by atoms with Crippen LogP contribution in [0.3, 0.4) is 0 Å². The van der Waals surface area contributed by atoms with Crippen LogP contribution in [0.25, 0.3) is 0 Å². The lowest BCUT2D eigenvalue weighted by atomic mass is 9.88. The molecule has 190 valence electrons. The van der Waals surface area contributed by atoms with Crippen LogP contribution in [-0.2, 0) is 23.8 Å². The Balaban J connectivity index is 1.49. The summed E-state index contributed by atoms with van der Waals surface area (Å²) in [7, 11) is 0. The van der Waals surface area contributed by atoms with Crippen LogP contribution in [0.4, 0.5) is 0 Å². The number of allylic oxidation sites excluding steroid dienone is 2. The van der Waals surface area contributed by atoms with Crippen LogP contribution in [0, 0.1) is 5.92 Å². The molecule has 8 nitrogen and oxygen atoms in total. The van der Waals surface area contributed by atoms with Crippen molar-refractivity contribution in [2.24, 2.45) is 17.4 Å². The summed E-state index contributed by atoms with van der Waals surface area (Å²) in [6, 6.07) is -0.169. The summed E-state index contributed by atoms with van der Waals surface area (Å²) in [6.45, 7) is 8.79. The highest BCUT2D eigenvalue weighted by Gasteiger charge is 2.51. The van der Waals surface area contributed by atoms with Gasteiger partial charge >= 0.3 is 0 Å². The number of hydrogen-bond donors (Lipinski definition) is 3. The summed E-state index contributed by atoms with van der Waals surface area (Å²) in [5.41, 5.74) is 12.0. The third kappa shape index (κ3) is 8.05. The molecule has 2 amide bonds. The summed E-state index contributed by atoms with van der Waals surface area (Å²) in [4.78, 5) is 23.4. The second-order valence-electron chi connectivity index (χ2n) is 10.3. The smallest absolute Gasteiger partial charge is 0.244 e. The molecule has 0 bridgehead atoms. The van der Waals surface area contributed by atoms with Crippen molar-refractivity contribution < 1.29 is 23.8 Å². The predicted octanol–water partition coefficient (Wildman–Crippen LogP) is 2.27. The van der Waals surface area contributed by atoms with Crippen molar-refractivity contribution in [2.75, 3.05) is 6.61 Å². The first-order chi connectivity index (χ1) is 16.0. The summed E-state index contributed by atoms with van der Waals surface area (Å²) in [5.74, 6) is -0.165. The molecule has 0 aromatic heterocycles. The summed E-state index contributed by atoms with van der Waals surface area (Å²) in [5, 5.41) is 3.04. The van der Waals surface area contributed by atoms with Gasteiger partial charge in [-0.1, -0.05) is 36.8 Å². The van der Waals surface area contributed by atoms with E-state index in [9.17, 15) is 9.59 Å². The van der Waals surface area contributed by atoms with E-state index in [1.165, 1.54) is 6.08 Å². The van der Waals surface area contributed by atoms with E-state index >= 15 is 0 Å². The number of nitrogens with one attached hydrogen (secondary N) is 1. The highest BCUT2D eigenvalue weighted by atomic mass is 16.6. The Morgan fingerprint density at radius 2 is 1.94 bits per heavy atom. The molecule has 3 saturated heterocycles. The van der Waals surface area contributed by atoms with Crippen molar-refractivity contribution in [3.05, 3.63) is 36.0 Å². The molecule has 0 unspecified atom stereocenters. The van der Waals surface area contributed by atoms with Gasteiger partial charge in [-0.15, -0.1) is 0 Å². The molecule has 0 saturated carbocycles. The van der Waals surface area contributed by atoms with Crippen molar-refractivity contribution in [1.82, 2.24) is 5.32 Å². The van der Waals surface area contributed by atoms with Crippen molar-refractivity contribution >= 4 is 11.8 Å². The molecule has 34 heavy (non-hydrogen) atoms. The number of nitrogens with two attached hydrogens (primary N) is 2. The van der Waals surface area contributed by atoms with Crippen LogP contribution in [0.15, 0.2) is 36.0 Å². The molecule has 5 N–H and O–H groups in total. The van der Waals surface area contributed by atoms with Crippen molar-refractivity contribution in [2.45, 2.75) is 102 Å². The highest BCUT2D eigenvalue weighted by Crippen LogP contribution is 2.43.